The zero-order valence-electron chi connectivity index (χ0n) is 30.1. The molecule has 0 unspecified atom stereocenters. The first kappa shape index (κ1) is 35.5. The summed E-state index contributed by atoms with van der Waals surface area (Å²) in [6.45, 7) is 13.8. The summed E-state index contributed by atoms with van der Waals surface area (Å²) in [5.41, 5.74) is 6.56. The molecule has 0 atom stereocenters. The first-order valence-corrected chi connectivity index (χ1v) is 18.4. The molecule has 1 fully saturated rings. The molecule has 1 saturated heterocycles. The van der Waals surface area contributed by atoms with E-state index in [0.717, 1.165) is 78.8 Å². The summed E-state index contributed by atoms with van der Waals surface area (Å²) >= 11 is 0. The van der Waals surface area contributed by atoms with E-state index in [1.807, 2.05) is 33.8 Å². The standard InChI is InChI=1S/C41H51FN6O2/c1-29(2)18-24-47(25-19-30(3)4)41(49)34-20-26-48-37(28-34)36(9-8-23-46-21-6-5-7-22-46)39(44-48)32-12-14-33(15-13-32)40-43-38(50-45-40)27-31-10-16-35(42)17-11-31/h10-17,20,26,28-30H,5-9,18-19,21-25,27H2,1-4H3. The first-order valence-electron chi connectivity index (χ1n) is 18.4. The predicted octanol–water partition coefficient (Wildman–Crippen LogP) is 8.73. The van der Waals surface area contributed by atoms with E-state index in [9.17, 15) is 9.18 Å². The Morgan fingerprint density at radius 1 is 0.900 bits per heavy atom. The van der Waals surface area contributed by atoms with Gasteiger partial charge in [0.1, 0.15) is 5.82 Å². The molecule has 0 bridgehead atoms. The lowest BCUT2D eigenvalue weighted by molar-refractivity contribution is 0.0741. The van der Waals surface area contributed by atoms with Crippen molar-refractivity contribution < 1.29 is 13.7 Å². The van der Waals surface area contributed by atoms with Crippen molar-refractivity contribution in [3.63, 3.8) is 0 Å². The predicted molar refractivity (Wildman–Crippen MR) is 197 cm³/mol. The van der Waals surface area contributed by atoms with Crippen LogP contribution in [-0.4, -0.2) is 68.2 Å². The minimum Gasteiger partial charge on any atom is -0.339 e. The minimum absolute atomic E-state index is 0.0964. The Kier molecular flexibility index (Phi) is 11.7. The minimum atomic E-state index is -0.273. The summed E-state index contributed by atoms with van der Waals surface area (Å²) < 4.78 is 20.8. The molecule has 0 N–H and O–H groups in total. The fourth-order valence-electron chi connectivity index (χ4n) is 6.69. The van der Waals surface area contributed by atoms with E-state index >= 15 is 0 Å². The van der Waals surface area contributed by atoms with E-state index in [1.54, 1.807) is 12.1 Å². The highest BCUT2D eigenvalue weighted by atomic mass is 19.1. The molecule has 8 nitrogen and oxygen atoms in total. The summed E-state index contributed by atoms with van der Waals surface area (Å²) in [5.74, 6) is 1.87. The average molecular weight is 679 g/mol. The molecule has 0 saturated carbocycles. The van der Waals surface area contributed by atoms with Gasteiger partial charge in [0.2, 0.25) is 11.7 Å². The number of aromatic nitrogens is 4. The van der Waals surface area contributed by atoms with Crippen molar-refractivity contribution in [3.8, 4) is 22.6 Å². The van der Waals surface area contributed by atoms with Crippen molar-refractivity contribution >= 4 is 11.4 Å². The van der Waals surface area contributed by atoms with Crippen molar-refractivity contribution in [2.24, 2.45) is 11.8 Å². The number of halogens is 1. The fourth-order valence-corrected chi connectivity index (χ4v) is 6.69. The average Bonchev–Trinajstić information content (AvgIpc) is 3.74. The van der Waals surface area contributed by atoms with Crippen LogP contribution in [0, 0.1) is 17.7 Å². The number of pyridine rings is 1. The van der Waals surface area contributed by atoms with Crippen molar-refractivity contribution in [2.75, 3.05) is 32.7 Å². The second-order valence-electron chi connectivity index (χ2n) is 14.6. The van der Waals surface area contributed by atoms with Crippen molar-refractivity contribution in [1.82, 2.24) is 29.6 Å². The molecule has 50 heavy (non-hydrogen) atoms. The van der Waals surface area contributed by atoms with Crippen LogP contribution in [0.5, 0.6) is 0 Å². The topological polar surface area (TPSA) is 79.8 Å². The van der Waals surface area contributed by atoms with Crippen LogP contribution in [0.3, 0.4) is 0 Å². The number of hydrogen-bond donors (Lipinski definition) is 0. The fraction of sp³-hybridized carbons (Fsp3) is 0.463. The number of hydrogen-bond acceptors (Lipinski definition) is 6. The molecule has 5 aromatic rings. The molecule has 6 rings (SSSR count). The normalized spacial score (nSPS) is 13.9. The molecule has 0 radical (unpaired) electrons. The van der Waals surface area contributed by atoms with Gasteiger partial charge < -0.3 is 14.3 Å². The Morgan fingerprint density at radius 3 is 2.26 bits per heavy atom. The van der Waals surface area contributed by atoms with E-state index in [1.165, 1.54) is 50.0 Å². The number of carbonyl (C=O) groups is 1. The van der Waals surface area contributed by atoms with E-state index in [2.05, 4.69) is 60.9 Å². The Bertz CT molecular complexity index is 1830. The lowest BCUT2D eigenvalue weighted by Crippen LogP contribution is -2.34. The molecule has 1 amide bonds. The summed E-state index contributed by atoms with van der Waals surface area (Å²) in [5, 5.41) is 9.28. The van der Waals surface area contributed by atoms with Crippen LogP contribution in [0.25, 0.3) is 28.2 Å². The monoisotopic (exact) mass is 678 g/mol. The van der Waals surface area contributed by atoms with E-state index in [-0.39, 0.29) is 11.7 Å². The van der Waals surface area contributed by atoms with Gasteiger partial charge >= 0.3 is 0 Å². The van der Waals surface area contributed by atoms with Crippen LogP contribution in [-0.2, 0) is 12.8 Å². The number of likely N-dealkylation sites (tertiary alicyclic amines) is 1. The number of aryl methyl sites for hydroxylation is 1. The highest BCUT2D eigenvalue weighted by molar-refractivity contribution is 5.95. The van der Waals surface area contributed by atoms with E-state index in [4.69, 9.17) is 9.62 Å². The third kappa shape index (κ3) is 9.04. The number of benzene rings is 2. The maximum absolute atomic E-state index is 14.0. The summed E-state index contributed by atoms with van der Waals surface area (Å²) in [6.07, 6.45) is 10.1. The van der Waals surface area contributed by atoms with Crippen molar-refractivity contribution in [3.05, 3.63) is 95.3 Å². The van der Waals surface area contributed by atoms with Gasteiger partial charge in [0, 0.05) is 41.5 Å². The first-order chi connectivity index (χ1) is 24.2. The molecule has 9 heteroatoms. The molecule has 3 aromatic heterocycles. The molecule has 0 aliphatic carbocycles. The highest BCUT2D eigenvalue weighted by Crippen LogP contribution is 2.30. The van der Waals surface area contributed by atoms with Gasteiger partial charge in [-0.1, -0.05) is 75.7 Å². The molecular weight excluding hydrogens is 627 g/mol. The van der Waals surface area contributed by atoms with Gasteiger partial charge in [-0.3, -0.25) is 4.79 Å². The Balaban J connectivity index is 1.27. The maximum atomic E-state index is 14.0. The third-order valence-corrected chi connectivity index (χ3v) is 9.73. The SMILES string of the molecule is CC(C)CCN(CCC(C)C)C(=O)c1ccn2nc(-c3ccc(-c4noc(Cc5ccc(F)cc5)n4)cc3)c(CCCN3CCCCC3)c2c1. The Labute approximate surface area is 295 Å². The quantitative estimate of drug-likeness (QED) is 0.110. The lowest BCUT2D eigenvalue weighted by atomic mass is 10.00. The van der Waals surface area contributed by atoms with E-state index < -0.39 is 0 Å². The number of nitrogens with zero attached hydrogens (tertiary/aromatic N) is 6. The van der Waals surface area contributed by atoms with Crippen LogP contribution in [0.4, 0.5) is 4.39 Å². The van der Waals surface area contributed by atoms with Crippen molar-refractivity contribution in [2.45, 2.75) is 79.1 Å². The summed E-state index contributed by atoms with van der Waals surface area (Å²) in [7, 11) is 0. The van der Waals surface area contributed by atoms with E-state index in [0.29, 0.717) is 30.0 Å². The molecule has 2 aromatic carbocycles. The molecule has 4 heterocycles. The molecule has 1 aliphatic rings. The Morgan fingerprint density at radius 2 is 1.58 bits per heavy atom. The molecular formula is C41H51FN6O2. The van der Waals surface area contributed by atoms with Crippen LogP contribution in [0.15, 0.2) is 71.4 Å². The molecule has 264 valence electrons. The van der Waals surface area contributed by atoms with Gasteiger partial charge in [-0.25, -0.2) is 8.91 Å². The number of rotatable bonds is 15. The van der Waals surface area contributed by atoms with Crippen LogP contribution < -0.4 is 0 Å². The smallest absolute Gasteiger partial charge is 0.253 e. The van der Waals surface area contributed by atoms with Gasteiger partial charge in [-0.15, -0.1) is 0 Å². The lowest BCUT2D eigenvalue weighted by Gasteiger charge is -2.26. The largest absolute Gasteiger partial charge is 0.339 e. The van der Waals surface area contributed by atoms with Gasteiger partial charge in [0.25, 0.3) is 5.91 Å². The number of amides is 1. The van der Waals surface area contributed by atoms with Crippen LogP contribution >= 0.6 is 0 Å². The molecule has 1 aliphatic heterocycles. The highest BCUT2D eigenvalue weighted by Gasteiger charge is 2.21. The summed E-state index contributed by atoms with van der Waals surface area (Å²) in [4.78, 5) is 23.2. The maximum Gasteiger partial charge on any atom is 0.253 e. The van der Waals surface area contributed by atoms with Gasteiger partial charge in [0.05, 0.1) is 17.6 Å². The third-order valence-electron chi connectivity index (χ3n) is 9.73. The van der Waals surface area contributed by atoms with Gasteiger partial charge in [0.15, 0.2) is 0 Å². The summed E-state index contributed by atoms with van der Waals surface area (Å²) in [6, 6.07) is 18.4. The van der Waals surface area contributed by atoms with Crippen LogP contribution in [0.1, 0.15) is 93.6 Å². The van der Waals surface area contributed by atoms with Crippen LogP contribution in [0.2, 0.25) is 0 Å². The molecule has 0 spiro atoms. The Hall–Kier alpha value is -4.37. The number of piperidine rings is 1. The zero-order valence-corrected chi connectivity index (χ0v) is 30.1. The second-order valence-corrected chi connectivity index (χ2v) is 14.6. The second kappa shape index (κ2) is 16.6. The van der Waals surface area contributed by atoms with Gasteiger partial charge in [-0.2, -0.15) is 10.1 Å². The number of carbonyl (C=O) groups excluding carboxylic acids is 1. The van der Waals surface area contributed by atoms with Crippen molar-refractivity contribution in [1.29, 1.82) is 0 Å². The zero-order chi connectivity index (χ0) is 35.0. The number of fused-ring (bicyclic) bond motifs is 1. The van der Waals surface area contributed by atoms with Gasteiger partial charge in [-0.05, 0) is 99.8 Å².